The second kappa shape index (κ2) is 5.12. The Morgan fingerprint density at radius 3 is 2.56 bits per heavy atom. The summed E-state index contributed by atoms with van der Waals surface area (Å²) in [5.41, 5.74) is 0.823. The third-order valence-electron chi connectivity index (χ3n) is 4.12. The minimum atomic E-state index is -0.0402. The van der Waals surface area contributed by atoms with E-state index in [-0.39, 0.29) is 5.54 Å². The van der Waals surface area contributed by atoms with Gasteiger partial charge in [-0.1, -0.05) is 19.8 Å². The van der Waals surface area contributed by atoms with Crippen LogP contribution in [-0.2, 0) is 4.79 Å². The summed E-state index contributed by atoms with van der Waals surface area (Å²) < 4.78 is 5.61. The molecule has 0 atom stereocenters. The molecule has 0 unspecified atom stereocenters. The predicted molar refractivity (Wildman–Crippen MR) is 70.6 cm³/mol. The van der Waals surface area contributed by atoms with E-state index in [1.54, 1.807) is 4.90 Å². The lowest BCUT2D eigenvalue weighted by atomic mass is 9.72. The van der Waals surface area contributed by atoms with Crippen LogP contribution in [0.5, 0.6) is 0 Å². The molecule has 1 aromatic rings. The van der Waals surface area contributed by atoms with Gasteiger partial charge in [-0.15, -0.1) is 0 Å². The first-order valence-corrected chi connectivity index (χ1v) is 6.81. The molecule has 1 aromatic heterocycles. The number of hydrogen-bond donors (Lipinski definition) is 0. The number of amides is 1. The number of carbonyl (C=O) groups is 1. The molecule has 1 aliphatic carbocycles. The third-order valence-corrected chi connectivity index (χ3v) is 4.12. The SMILES string of the molecule is CCCCC1(N(C=O)c2nc(C)c(C)o2)CCC1. The van der Waals surface area contributed by atoms with Crippen LogP contribution in [0.1, 0.15) is 56.9 Å². The number of oxazole rings is 1. The van der Waals surface area contributed by atoms with E-state index in [4.69, 9.17) is 4.42 Å². The molecule has 1 amide bonds. The molecule has 1 heterocycles. The number of carbonyl (C=O) groups excluding carboxylic acids is 1. The van der Waals surface area contributed by atoms with Gasteiger partial charge < -0.3 is 4.42 Å². The minimum absolute atomic E-state index is 0.0402. The van der Waals surface area contributed by atoms with Crippen molar-refractivity contribution in [3.8, 4) is 0 Å². The highest BCUT2D eigenvalue weighted by molar-refractivity contribution is 5.73. The van der Waals surface area contributed by atoms with Gasteiger partial charge in [0.1, 0.15) is 5.76 Å². The molecule has 0 radical (unpaired) electrons. The van der Waals surface area contributed by atoms with Crippen LogP contribution in [0.15, 0.2) is 4.42 Å². The van der Waals surface area contributed by atoms with E-state index in [9.17, 15) is 4.79 Å². The summed E-state index contributed by atoms with van der Waals surface area (Å²) in [7, 11) is 0. The zero-order valence-corrected chi connectivity index (χ0v) is 11.5. The maximum absolute atomic E-state index is 11.5. The lowest BCUT2D eigenvalue weighted by molar-refractivity contribution is -0.109. The highest BCUT2D eigenvalue weighted by atomic mass is 16.4. The Bertz CT molecular complexity index is 402. The molecule has 0 spiro atoms. The number of unbranched alkanes of at least 4 members (excludes halogenated alkanes) is 1. The molecule has 1 saturated carbocycles. The van der Waals surface area contributed by atoms with Crippen molar-refractivity contribution in [2.24, 2.45) is 0 Å². The van der Waals surface area contributed by atoms with Gasteiger partial charge in [0.25, 0.3) is 0 Å². The van der Waals surface area contributed by atoms with Crippen LogP contribution in [0.3, 0.4) is 0 Å². The monoisotopic (exact) mass is 250 g/mol. The molecule has 100 valence electrons. The van der Waals surface area contributed by atoms with E-state index < -0.39 is 0 Å². The number of nitrogens with zero attached hydrogens (tertiary/aromatic N) is 2. The zero-order valence-electron chi connectivity index (χ0n) is 11.5. The lowest BCUT2D eigenvalue weighted by Crippen LogP contribution is -2.53. The second-order valence-corrected chi connectivity index (χ2v) is 5.29. The fourth-order valence-corrected chi connectivity index (χ4v) is 2.62. The lowest BCUT2D eigenvalue weighted by Gasteiger charge is -2.47. The molecule has 0 N–H and O–H groups in total. The van der Waals surface area contributed by atoms with Gasteiger partial charge in [0, 0.05) is 0 Å². The van der Waals surface area contributed by atoms with Crippen LogP contribution in [0.4, 0.5) is 6.01 Å². The van der Waals surface area contributed by atoms with Gasteiger partial charge in [-0.3, -0.25) is 9.69 Å². The highest BCUT2D eigenvalue weighted by Gasteiger charge is 2.44. The van der Waals surface area contributed by atoms with Gasteiger partial charge in [0.15, 0.2) is 0 Å². The Kier molecular flexibility index (Phi) is 3.73. The van der Waals surface area contributed by atoms with E-state index in [1.165, 1.54) is 6.42 Å². The summed E-state index contributed by atoms with van der Waals surface area (Å²) in [6.45, 7) is 5.97. The van der Waals surface area contributed by atoms with Gasteiger partial charge in [0.05, 0.1) is 11.2 Å². The summed E-state index contributed by atoms with van der Waals surface area (Å²) in [5.74, 6) is 0.793. The average Bonchev–Trinajstić information content (AvgIpc) is 2.62. The summed E-state index contributed by atoms with van der Waals surface area (Å²) in [4.78, 5) is 17.5. The Morgan fingerprint density at radius 1 is 1.44 bits per heavy atom. The van der Waals surface area contributed by atoms with E-state index in [0.717, 1.165) is 50.0 Å². The van der Waals surface area contributed by atoms with Gasteiger partial charge in [-0.2, -0.15) is 4.98 Å². The summed E-state index contributed by atoms with van der Waals surface area (Å²) in [6, 6.07) is 0.468. The zero-order chi connectivity index (χ0) is 13.2. The fourth-order valence-electron chi connectivity index (χ4n) is 2.62. The number of rotatable bonds is 6. The second-order valence-electron chi connectivity index (χ2n) is 5.29. The smallest absolute Gasteiger partial charge is 0.304 e. The predicted octanol–water partition coefficient (Wildman–Crippen LogP) is 3.37. The first-order chi connectivity index (χ1) is 8.63. The Labute approximate surface area is 108 Å². The van der Waals surface area contributed by atoms with Crippen LogP contribution in [0, 0.1) is 13.8 Å². The van der Waals surface area contributed by atoms with Gasteiger partial charge in [-0.05, 0) is 39.5 Å². The standard InChI is InChI=1S/C14H22N2O2/c1-4-5-7-14(8-6-9-14)16(10-17)13-15-11(2)12(3)18-13/h10H,4-9H2,1-3H3. The summed E-state index contributed by atoms with van der Waals surface area (Å²) in [5, 5.41) is 0. The van der Waals surface area contributed by atoms with Crippen molar-refractivity contribution in [1.82, 2.24) is 4.98 Å². The molecular weight excluding hydrogens is 228 g/mol. The summed E-state index contributed by atoms with van der Waals surface area (Å²) in [6.07, 6.45) is 7.54. The van der Waals surface area contributed by atoms with Crippen molar-refractivity contribution in [3.05, 3.63) is 11.5 Å². The van der Waals surface area contributed by atoms with Crippen molar-refractivity contribution >= 4 is 12.4 Å². The highest BCUT2D eigenvalue weighted by Crippen LogP contribution is 2.43. The summed E-state index contributed by atoms with van der Waals surface area (Å²) >= 11 is 0. The van der Waals surface area contributed by atoms with Crippen LogP contribution < -0.4 is 4.90 Å². The van der Waals surface area contributed by atoms with Crippen molar-refractivity contribution < 1.29 is 9.21 Å². The topological polar surface area (TPSA) is 46.3 Å². The average molecular weight is 250 g/mol. The van der Waals surface area contributed by atoms with E-state index in [1.807, 2.05) is 13.8 Å². The van der Waals surface area contributed by atoms with Crippen molar-refractivity contribution in [1.29, 1.82) is 0 Å². The Morgan fingerprint density at radius 2 is 2.17 bits per heavy atom. The van der Waals surface area contributed by atoms with Gasteiger partial charge in [-0.25, -0.2) is 0 Å². The van der Waals surface area contributed by atoms with Gasteiger partial charge >= 0.3 is 6.01 Å². The fraction of sp³-hybridized carbons (Fsp3) is 0.714. The maximum atomic E-state index is 11.5. The molecular formula is C14H22N2O2. The number of anilines is 1. The van der Waals surface area contributed by atoms with Crippen molar-refractivity contribution in [2.75, 3.05) is 4.90 Å². The van der Waals surface area contributed by atoms with Crippen LogP contribution in [0.2, 0.25) is 0 Å². The number of hydrogen-bond acceptors (Lipinski definition) is 3. The van der Waals surface area contributed by atoms with Gasteiger partial charge in [0.2, 0.25) is 6.41 Å². The van der Waals surface area contributed by atoms with E-state index >= 15 is 0 Å². The van der Waals surface area contributed by atoms with E-state index in [2.05, 4.69) is 11.9 Å². The molecule has 2 rings (SSSR count). The van der Waals surface area contributed by atoms with Crippen molar-refractivity contribution in [2.45, 2.75) is 64.8 Å². The van der Waals surface area contributed by atoms with Crippen molar-refractivity contribution in [3.63, 3.8) is 0 Å². The molecule has 0 aliphatic heterocycles. The first kappa shape index (κ1) is 13.1. The maximum Gasteiger partial charge on any atom is 0.304 e. The molecule has 0 aromatic carbocycles. The molecule has 1 aliphatic rings. The molecule has 0 bridgehead atoms. The molecule has 1 fully saturated rings. The molecule has 4 nitrogen and oxygen atoms in total. The molecule has 18 heavy (non-hydrogen) atoms. The number of aryl methyl sites for hydroxylation is 2. The van der Waals surface area contributed by atoms with E-state index in [0.29, 0.717) is 6.01 Å². The third kappa shape index (κ3) is 2.16. The first-order valence-electron chi connectivity index (χ1n) is 6.81. The molecule has 4 heteroatoms. The Balaban J connectivity index is 2.23. The molecule has 0 saturated heterocycles. The normalized spacial score (nSPS) is 17.3. The van der Waals surface area contributed by atoms with Crippen LogP contribution >= 0.6 is 0 Å². The van der Waals surface area contributed by atoms with Crippen LogP contribution in [-0.4, -0.2) is 16.9 Å². The minimum Gasteiger partial charge on any atom is -0.428 e. The number of aromatic nitrogens is 1. The van der Waals surface area contributed by atoms with Crippen LogP contribution in [0.25, 0.3) is 0 Å². The largest absolute Gasteiger partial charge is 0.428 e. The quantitative estimate of drug-likeness (QED) is 0.727. The Hall–Kier alpha value is -1.32.